The predicted molar refractivity (Wildman–Crippen MR) is 111 cm³/mol. The number of carboxylic acid groups (broad SMARTS) is 1. The minimum Gasteiger partial charge on any atom is -0.483 e. The van der Waals surface area contributed by atoms with Gasteiger partial charge in [0.05, 0.1) is 5.52 Å². The van der Waals surface area contributed by atoms with E-state index in [9.17, 15) is 4.79 Å². The molecule has 0 aliphatic carbocycles. The Bertz CT molecular complexity index is 1020. The summed E-state index contributed by atoms with van der Waals surface area (Å²) in [6, 6.07) is 6.25. The highest BCUT2D eigenvalue weighted by Crippen LogP contribution is 2.29. The van der Waals surface area contributed by atoms with Crippen LogP contribution >= 0.6 is 11.3 Å². The van der Waals surface area contributed by atoms with E-state index in [0.29, 0.717) is 11.6 Å². The first kappa shape index (κ1) is 19.5. The van der Waals surface area contributed by atoms with Crippen molar-refractivity contribution in [2.75, 3.05) is 19.6 Å². The van der Waals surface area contributed by atoms with Gasteiger partial charge in [-0.1, -0.05) is 6.07 Å². The number of nitrogens with one attached hydrogen (secondary N) is 2. The molecule has 0 radical (unpaired) electrons. The van der Waals surface area contributed by atoms with Crippen LogP contribution in [-0.4, -0.2) is 63.2 Å². The van der Waals surface area contributed by atoms with Gasteiger partial charge in [-0.3, -0.25) is 14.7 Å². The third kappa shape index (κ3) is 4.01. The van der Waals surface area contributed by atoms with Crippen LogP contribution in [0.5, 0.6) is 0 Å². The molecule has 1 atom stereocenters. The summed E-state index contributed by atoms with van der Waals surface area (Å²) in [6.45, 7) is 5.04. The zero-order chi connectivity index (χ0) is 20.4. The highest BCUT2D eigenvalue weighted by Gasteiger charge is 2.35. The monoisotopic (exact) mass is 413 g/mol. The molecular weight excluding hydrogens is 390 g/mol. The van der Waals surface area contributed by atoms with Crippen LogP contribution in [0.2, 0.25) is 0 Å². The summed E-state index contributed by atoms with van der Waals surface area (Å²) in [6.07, 6.45) is 2.37. The number of carbonyl (C=O) groups is 2. The Morgan fingerprint density at radius 3 is 2.76 bits per heavy atom. The van der Waals surface area contributed by atoms with Crippen LogP contribution in [0.1, 0.15) is 29.0 Å². The molecule has 0 saturated carbocycles. The molecule has 5 heterocycles. The van der Waals surface area contributed by atoms with Gasteiger partial charge in [-0.15, -0.1) is 11.3 Å². The van der Waals surface area contributed by atoms with Gasteiger partial charge < -0.3 is 15.3 Å². The van der Waals surface area contributed by atoms with E-state index in [1.165, 1.54) is 25.9 Å². The number of fused-ring (bicyclic) bond motifs is 4. The summed E-state index contributed by atoms with van der Waals surface area (Å²) in [5.74, 6) is 0.529. The number of piperidine rings is 3. The Morgan fingerprint density at radius 1 is 1.38 bits per heavy atom. The Labute approximate surface area is 171 Å². The maximum atomic E-state index is 12.8. The molecule has 3 fully saturated rings. The van der Waals surface area contributed by atoms with Crippen molar-refractivity contribution in [1.82, 2.24) is 25.4 Å². The third-order valence-electron chi connectivity index (χ3n) is 5.62. The normalized spacial score (nSPS) is 22.7. The molecule has 3 aliphatic rings. The second kappa shape index (κ2) is 8.30. The summed E-state index contributed by atoms with van der Waals surface area (Å²) in [7, 11) is 0. The van der Waals surface area contributed by atoms with Gasteiger partial charge in [0, 0.05) is 34.6 Å². The molecule has 9 heteroatoms. The van der Waals surface area contributed by atoms with Crippen molar-refractivity contribution in [1.29, 1.82) is 0 Å². The summed E-state index contributed by atoms with van der Waals surface area (Å²) in [5, 5.41) is 21.3. The maximum Gasteiger partial charge on any atom is 0.290 e. The van der Waals surface area contributed by atoms with Gasteiger partial charge >= 0.3 is 0 Å². The smallest absolute Gasteiger partial charge is 0.290 e. The molecule has 2 bridgehead atoms. The first-order valence-corrected chi connectivity index (χ1v) is 10.5. The van der Waals surface area contributed by atoms with Gasteiger partial charge in [0.15, 0.2) is 5.69 Å². The number of carbonyl (C=O) groups excluding carboxylic acids is 1. The maximum absolute atomic E-state index is 12.8. The highest BCUT2D eigenvalue weighted by atomic mass is 32.1. The molecule has 6 rings (SSSR count). The standard InChI is InChI=1S/C19H21N5OS.CH2O2/c1-11-10-26-19(20-11)13-2-3-14-15(8-13)22-23-17(14)18(25)21-16-9-24-6-4-12(16)5-7-24;2-1-3/h2-3,8,10,12,16H,4-7,9H2,1H3,(H,21,25)(H,22,23);1H,(H,2,3)/t16-;/m1./s1. The van der Waals surface area contributed by atoms with Crippen LogP contribution in [0.25, 0.3) is 21.5 Å². The number of aromatic nitrogens is 3. The van der Waals surface area contributed by atoms with E-state index in [4.69, 9.17) is 9.90 Å². The van der Waals surface area contributed by atoms with Crippen LogP contribution in [-0.2, 0) is 4.79 Å². The van der Waals surface area contributed by atoms with Gasteiger partial charge in [-0.25, -0.2) is 4.98 Å². The topological polar surface area (TPSA) is 111 Å². The molecule has 8 nitrogen and oxygen atoms in total. The second-order valence-corrected chi connectivity index (χ2v) is 8.31. The van der Waals surface area contributed by atoms with Crippen molar-refractivity contribution in [3.8, 4) is 10.6 Å². The van der Waals surface area contributed by atoms with E-state index >= 15 is 0 Å². The van der Waals surface area contributed by atoms with Crippen molar-refractivity contribution in [3.63, 3.8) is 0 Å². The molecule has 29 heavy (non-hydrogen) atoms. The van der Waals surface area contributed by atoms with Crippen LogP contribution < -0.4 is 5.32 Å². The van der Waals surface area contributed by atoms with Crippen molar-refractivity contribution in [2.24, 2.45) is 5.92 Å². The first-order chi connectivity index (χ1) is 14.1. The molecule has 0 unspecified atom stereocenters. The predicted octanol–water partition coefficient (Wildman–Crippen LogP) is 2.52. The molecule has 3 saturated heterocycles. The molecule has 3 aliphatic heterocycles. The Morgan fingerprint density at radius 2 is 2.14 bits per heavy atom. The van der Waals surface area contributed by atoms with Crippen LogP contribution in [0.4, 0.5) is 0 Å². The molecule has 2 aromatic heterocycles. The van der Waals surface area contributed by atoms with E-state index in [1.54, 1.807) is 11.3 Å². The number of benzene rings is 1. The fourth-order valence-corrected chi connectivity index (χ4v) is 4.97. The summed E-state index contributed by atoms with van der Waals surface area (Å²) >= 11 is 1.63. The lowest BCUT2D eigenvalue weighted by Crippen LogP contribution is -2.57. The summed E-state index contributed by atoms with van der Waals surface area (Å²) in [5.41, 5.74) is 3.42. The minimum absolute atomic E-state index is 0.0761. The largest absolute Gasteiger partial charge is 0.483 e. The Balaban J connectivity index is 0.000000645. The number of amides is 1. The van der Waals surface area contributed by atoms with Crippen molar-refractivity contribution in [3.05, 3.63) is 35.0 Å². The van der Waals surface area contributed by atoms with Crippen LogP contribution in [0, 0.1) is 12.8 Å². The van der Waals surface area contributed by atoms with E-state index < -0.39 is 0 Å². The third-order valence-corrected chi connectivity index (χ3v) is 6.63. The minimum atomic E-state index is -0.250. The summed E-state index contributed by atoms with van der Waals surface area (Å²) in [4.78, 5) is 28.1. The van der Waals surface area contributed by atoms with Gasteiger partial charge in [-0.05, 0) is 50.9 Å². The van der Waals surface area contributed by atoms with Gasteiger partial charge in [0.2, 0.25) is 0 Å². The van der Waals surface area contributed by atoms with Gasteiger partial charge in [-0.2, -0.15) is 5.10 Å². The lowest BCUT2D eigenvalue weighted by Gasteiger charge is -2.44. The van der Waals surface area contributed by atoms with Crippen molar-refractivity contribution in [2.45, 2.75) is 25.8 Å². The van der Waals surface area contributed by atoms with E-state index in [0.717, 1.165) is 33.7 Å². The zero-order valence-electron chi connectivity index (χ0n) is 16.1. The molecule has 3 N–H and O–H groups in total. The quantitative estimate of drug-likeness (QED) is 0.569. The number of H-pyrrole nitrogens is 1. The zero-order valence-corrected chi connectivity index (χ0v) is 16.9. The number of thiazole rings is 1. The molecule has 1 amide bonds. The van der Waals surface area contributed by atoms with Crippen molar-refractivity contribution >= 4 is 34.6 Å². The lowest BCUT2D eigenvalue weighted by atomic mass is 9.84. The fourth-order valence-electron chi connectivity index (χ4n) is 4.18. The average molecular weight is 414 g/mol. The number of aryl methyl sites for hydroxylation is 1. The van der Waals surface area contributed by atoms with Crippen LogP contribution in [0.15, 0.2) is 23.6 Å². The van der Waals surface area contributed by atoms with E-state index in [1.807, 2.05) is 30.5 Å². The molecule has 152 valence electrons. The molecule has 3 aromatic rings. The summed E-state index contributed by atoms with van der Waals surface area (Å²) < 4.78 is 0. The van der Waals surface area contributed by atoms with Gasteiger partial charge in [0.1, 0.15) is 5.01 Å². The second-order valence-electron chi connectivity index (χ2n) is 7.45. The number of hydrogen-bond acceptors (Lipinski definition) is 6. The van der Waals surface area contributed by atoms with Crippen LogP contribution in [0.3, 0.4) is 0 Å². The number of rotatable bonds is 3. The molecular formula is C20H23N5O3S. The number of nitrogens with zero attached hydrogens (tertiary/aromatic N) is 3. The van der Waals surface area contributed by atoms with E-state index in [2.05, 4.69) is 25.4 Å². The Kier molecular flexibility index (Phi) is 5.59. The van der Waals surface area contributed by atoms with Gasteiger partial charge in [0.25, 0.3) is 12.4 Å². The lowest BCUT2D eigenvalue weighted by molar-refractivity contribution is -0.122. The first-order valence-electron chi connectivity index (χ1n) is 9.60. The highest BCUT2D eigenvalue weighted by molar-refractivity contribution is 7.13. The van der Waals surface area contributed by atoms with Crippen molar-refractivity contribution < 1.29 is 14.7 Å². The van der Waals surface area contributed by atoms with E-state index in [-0.39, 0.29) is 18.4 Å². The fraction of sp³-hybridized carbons (Fsp3) is 0.400. The Hall–Kier alpha value is -2.78. The number of aromatic amines is 1. The SMILES string of the molecule is Cc1csc(-c2ccc3c(C(=O)N[C@@H]4CN5CCC4CC5)n[nH]c3c2)n1.O=CO. The number of hydrogen-bond donors (Lipinski definition) is 3. The molecule has 0 spiro atoms. The molecule has 1 aromatic carbocycles. The average Bonchev–Trinajstić information content (AvgIpc) is 3.35.